The number of rotatable bonds is 5. The van der Waals surface area contributed by atoms with E-state index in [0.717, 1.165) is 25.4 Å². The molecule has 1 unspecified atom stereocenters. The second-order valence-corrected chi connectivity index (χ2v) is 7.40. The first kappa shape index (κ1) is 25.8. The van der Waals surface area contributed by atoms with Crippen molar-refractivity contribution >= 4 is 17.4 Å². The molecule has 0 saturated carbocycles. The molecule has 0 radical (unpaired) electrons. The van der Waals surface area contributed by atoms with Crippen LogP contribution in [-0.4, -0.2) is 58.8 Å². The lowest BCUT2D eigenvalue weighted by Gasteiger charge is -2.21. The van der Waals surface area contributed by atoms with E-state index >= 15 is 0 Å². The number of halogens is 4. The Balaban J connectivity index is 0.00000167. The van der Waals surface area contributed by atoms with Crippen LogP contribution in [0.3, 0.4) is 0 Å². The number of nitrogens with zero attached hydrogens (tertiary/aromatic N) is 3. The smallest absolute Gasteiger partial charge is 0.406 e. The van der Waals surface area contributed by atoms with Gasteiger partial charge in [-0.3, -0.25) is 9.78 Å². The number of anilines is 2. The van der Waals surface area contributed by atoms with Crippen molar-refractivity contribution in [1.29, 1.82) is 0 Å². The fraction of sp³-hybridized carbons (Fsp3) is 0.261. The predicted molar refractivity (Wildman–Crippen MR) is 119 cm³/mol. The van der Waals surface area contributed by atoms with E-state index in [9.17, 15) is 27.5 Å². The van der Waals surface area contributed by atoms with Crippen LogP contribution in [0, 0.1) is 5.82 Å². The Hall–Kier alpha value is -3.77. The van der Waals surface area contributed by atoms with Crippen LogP contribution in [0.15, 0.2) is 55.0 Å². The van der Waals surface area contributed by atoms with Gasteiger partial charge in [0.1, 0.15) is 17.4 Å². The topological polar surface area (TPSA) is 108 Å². The zero-order valence-corrected chi connectivity index (χ0v) is 18.5. The van der Waals surface area contributed by atoms with Crippen LogP contribution in [0.2, 0.25) is 0 Å². The number of aromatic nitrogens is 2. The van der Waals surface area contributed by atoms with Crippen LogP contribution in [0.25, 0.3) is 11.1 Å². The summed E-state index contributed by atoms with van der Waals surface area (Å²) in [6.45, 7) is 0.891. The van der Waals surface area contributed by atoms with E-state index in [2.05, 4.69) is 20.0 Å². The summed E-state index contributed by atoms with van der Waals surface area (Å²) in [6, 6.07) is 7.48. The molecule has 8 nitrogen and oxygen atoms in total. The number of amides is 1. The van der Waals surface area contributed by atoms with Gasteiger partial charge in [-0.25, -0.2) is 9.37 Å². The van der Waals surface area contributed by atoms with Crippen LogP contribution < -0.4 is 15.0 Å². The quantitative estimate of drug-likeness (QED) is 0.465. The maximum atomic E-state index is 13.8. The van der Waals surface area contributed by atoms with Crippen molar-refractivity contribution in [3.63, 3.8) is 0 Å². The molecule has 0 bridgehead atoms. The van der Waals surface area contributed by atoms with E-state index in [1.165, 1.54) is 36.7 Å². The summed E-state index contributed by atoms with van der Waals surface area (Å²) in [5.41, 5.74) is 1.25. The van der Waals surface area contributed by atoms with E-state index in [0.29, 0.717) is 36.5 Å². The third kappa shape index (κ3) is 6.87. The molecule has 2 aromatic heterocycles. The number of ether oxygens (including phenoxy) is 1. The fourth-order valence-electron chi connectivity index (χ4n) is 3.48. The van der Waals surface area contributed by atoms with Crippen LogP contribution in [-0.2, 0) is 0 Å². The van der Waals surface area contributed by atoms with E-state index in [1.807, 2.05) is 4.90 Å². The fourth-order valence-corrected chi connectivity index (χ4v) is 3.48. The highest BCUT2D eigenvalue weighted by Crippen LogP contribution is 2.32. The molecular weight excluding hydrogens is 472 g/mol. The zero-order chi connectivity index (χ0) is 25.6. The van der Waals surface area contributed by atoms with Gasteiger partial charge in [0.15, 0.2) is 0 Å². The average molecular weight is 494 g/mol. The molecule has 1 aliphatic rings. The Kier molecular flexibility index (Phi) is 8.20. The van der Waals surface area contributed by atoms with Crippen molar-refractivity contribution in [3.05, 3.63) is 66.4 Å². The Morgan fingerprint density at radius 2 is 1.86 bits per heavy atom. The summed E-state index contributed by atoms with van der Waals surface area (Å²) in [6.07, 6.45) is -0.939. The lowest BCUT2D eigenvalue weighted by atomic mass is 10.1. The standard InChI is InChI=1S/C22H18F4N4O3.CH4O/c23-15-7-13(9-27-11-15)19-8-14(10-28-20(19)30-6-5-17(31)12-30)21(32)29-16-1-3-18(4-2-16)33-22(24,25)26;1-2/h1-4,7-11,17,31H,5-6,12H2,(H,29,32);2H,1H3. The third-order valence-corrected chi connectivity index (χ3v) is 4.95. The Bertz CT molecular complexity index is 1160. The predicted octanol–water partition coefficient (Wildman–Crippen LogP) is 3.61. The first-order valence-corrected chi connectivity index (χ1v) is 10.3. The molecule has 1 aromatic carbocycles. The number of hydrogen-bond donors (Lipinski definition) is 3. The van der Waals surface area contributed by atoms with Crippen LogP contribution in [0.5, 0.6) is 5.75 Å². The largest absolute Gasteiger partial charge is 0.573 e. The number of alkyl halides is 3. The number of β-amino-alcohol motifs (C(OH)–C–C–N with tert-alkyl or cyclic N) is 1. The molecule has 3 heterocycles. The van der Waals surface area contributed by atoms with Gasteiger partial charge >= 0.3 is 6.36 Å². The molecule has 1 atom stereocenters. The minimum atomic E-state index is -4.81. The van der Waals surface area contributed by atoms with Gasteiger partial charge in [0.05, 0.1) is 17.9 Å². The summed E-state index contributed by atoms with van der Waals surface area (Å²) in [7, 11) is 1.00. The number of carbonyl (C=O) groups excluding carboxylic acids is 1. The number of hydrogen-bond acceptors (Lipinski definition) is 7. The second-order valence-electron chi connectivity index (χ2n) is 7.40. The normalized spacial score (nSPS) is 15.3. The van der Waals surface area contributed by atoms with Gasteiger partial charge in [0.2, 0.25) is 0 Å². The summed E-state index contributed by atoms with van der Waals surface area (Å²) < 4.78 is 54.5. The first-order valence-electron chi connectivity index (χ1n) is 10.3. The van der Waals surface area contributed by atoms with Crippen molar-refractivity contribution in [3.8, 4) is 16.9 Å². The number of carbonyl (C=O) groups is 1. The SMILES string of the molecule is CO.O=C(Nc1ccc(OC(F)(F)F)cc1)c1cnc(N2CCC(O)C2)c(-c2cncc(F)c2)c1. The van der Waals surface area contributed by atoms with Crippen molar-refractivity contribution in [2.24, 2.45) is 0 Å². The maximum absolute atomic E-state index is 13.8. The summed E-state index contributed by atoms with van der Waals surface area (Å²) in [5, 5.41) is 19.5. The van der Waals surface area contributed by atoms with E-state index in [1.54, 1.807) is 0 Å². The van der Waals surface area contributed by atoms with Gasteiger partial charge in [-0.2, -0.15) is 0 Å². The molecule has 1 aliphatic heterocycles. The monoisotopic (exact) mass is 494 g/mol. The lowest BCUT2D eigenvalue weighted by Crippen LogP contribution is -2.23. The molecule has 3 aromatic rings. The Labute approximate surface area is 197 Å². The minimum absolute atomic E-state index is 0.147. The summed E-state index contributed by atoms with van der Waals surface area (Å²) in [5.74, 6) is -1.06. The summed E-state index contributed by atoms with van der Waals surface area (Å²) in [4.78, 5) is 22.8. The zero-order valence-electron chi connectivity index (χ0n) is 18.5. The van der Waals surface area contributed by atoms with Gasteiger partial charge in [-0.15, -0.1) is 13.2 Å². The average Bonchev–Trinajstić information content (AvgIpc) is 3.26. The van der Waals surface area contributed by atoms with Crippen molar-refractivity contribution in [1.82, 2.24) is 9.97 Å². The first-order chi connectivity index (χ1) is 16.7. The molecule has 1 amide bonds. The number of benzene rings is 1. The van der Waals surface area contributed by atoms with Gasteiger partial charge in [-0.1, -0.05) is 0 Å². The molecule has 0 aliphatic carbocycles. The Morgan fingerprint density at radius 1 is 1.14 bits per heavy atom. The molecule has 1 saturated heterocycles. The van der Waals surface area contributed by atoms with Crippen LogP contribution in [0.1, 0.15) is 16.8 Å². The molecule has 0 spiro atoms. The van der Waals surface area contributed by atoms with Crippen molar-refractivity contribution in [2.75, 3.05) is 30.4 Å². The highest BCUT2D eigenvalue weighted by Gasteiger charge is 2.31. The molecule has 3 N–H and O–H groups in total. The van der Waals surface area contributed by atoms with E-state index in [-0.39, 0.29) is 11.3 Å². The van der Waals surface area contributed by atoms with Crippen molar-refractivity contribution in [2.45, 2.75) is 18.9 Å². The van der Waals surface area contributed by atoms with Gasteiger partial charge < -0.3 is 25.2 Å². The van der Waals surface area contributed by atoms with E-state index < -0.39 is 29.9 Å². The summed E-state index contributed by atoms with van der Waals surface area (Å²) >= 11 is 0. The molecule has 12 heteroatoms. The number of aliphatic hydroxyl groups is 2. The number of nitrogens with one attached hydrogen (secondary N) is 1. The van der Waals surface area contributed by atoms with E-state index in [4.69, 9.17) is 5.11 Å². The number of aliphatic hydroxyl groups excluding tert-OH is 2. The molecule has 35 heavy (non-hydrogen) atoms. The lowest BCUT2D eigenvalue weighted by molar-refractivity contribution is -0.274. The van der Waals surface area contributed by atoms with Gasteiger partial charge in [0, 0.05) is 49.4 Å². The number of pyridine rings is 2. The third-order valence-electron chi connectivity index (χ3n) is 4.95. The minimum Gasteiger partial charge on any atom is -0.406 e. The Morgan fingerprint density at radius 3 is 2.46 bits per heavy atom. The van der Waals surface area contributed by atoms with Gasteiger partial charge in [0.25, 0.3) is 5.91 Å². The molecule has 186 valence electrons. The van der Waals surface area contributed by atoms with Gasteiger partial charge in [-0.05, 0) is 42.8 Å². The maximum Gasteiger partial charge on any atom is 0.573 e. The molecule has 4 rings (SSSR count). The second kappa shape index (κ2) is 11.1. The highest BCUT2D eigenvalue weighted by molar-refractivity contribution is 6.05. The van der Waals surface area contributed by atoms with Crippen molar-refractivity contribution < 1.29 is 37.3 Å². The molecular formula is C23H22F4N4O4. The highest BCUT2D eigenvalue weighted by atomic mass is 19.4. The van der Waals surface area contributed by atoms with Crippen LogP contribution in [0.4, 0.5) is 29.1 Å². The molecule has 1 fully saturated rings. The van der Waals surface area contributed by atoms with Crippen LogP contribution >= 0.6 is 0 Å².